The van der Waals surface area contributed by atoms with Gasteiger partial charge < -0.3 is 4.74 Å². The lowest BCUT2D eigenvalue weighted by Gasteiger charge is -2.28. The lowest BCUT2D eigenvalue weighted by Crippen LogP contribution is -2.25. The summed E-state index contributed by atoms with van der Waals surface area (Å²) in [6.45, 7) is 4.52. The molecule has 2 aromatic rings. The molecule has 0 radical (unpaired) electrons. The summed E-state index contributed by atoms with van der Waals surface area (Å²) >= 11 is 0. The smallest absolute Gasteiger partial charge is 0.314 e. The molecular weight excluding hydrogens is 408 g/mol. The van der Waals surface area contributed by atoms with Crippen LogP contribution >= 0.6 is 0 Å². The number of carbonyl (C=O) groups is 1. The molecular formula is C29H40N2O2. The van der Waals surface area contributed by atoms with E-state index in [0.29, 0.717) is 11.7 Å². The van der Waals surface area contributed by atoms with Gasteiger partial charge >= 0.3 is 5.97 Å². The SMILES string of the molecule is CCCC1CCC(C(=O)Oc2ccc(-c3ncc([C@H]4CC[C@H](CCC)CC4)cn3)cc2)CC1. The second kappa shape index (κ2) is 11.8. The average Bonchev–Trinajstić information content (AvgIpc) is 2.86. The van der Waals surface area contributed by atoms with E-state index >= 15 is 0 Å². The van der Waals surface area contributed by atoms with E-state index in [4.69, 9.17) is 4.74 Å². The van der Waals surface area contributed by atoms with Crippen molar-refractivity contribution in [2.24, 2.45) is 17.8 Å². The number of benzene rings is 1. The van der Waals surface area contributed by atoms with Gasteiger partial charge in [0.2, 0.25) is 0 Å². The van der Waals surface area contributed by atoms with E-state index in [1.807, 2.05) is 36.7 Å². The van der Waals surface area contributed by atoms with Crippen molar-refractivity contribution in [1.82, 2.24) is 9.97 Å². The van der Waals surface area contributed by atoms with Gasteiger partial charge in [-0.2, -0.15) is 0 Å². The monoisotopic (exact) mass is 448 g/mol. The van der Waals surface area contributed by atoms with E-state index in [1.54, 1.807) is 0 Å². The van der Waals surface area contributed by atoms with Crippen molar-refractivity contribution in [3.63, 3.8) is 0 Å². The third kappa shape index (κ3) is 6.43. The van der Waals surface area contributed by atoms with E-state index < -0.39 is 0 Å². The highest BCUT2D eigenvalue weighted by Gasteiger charge is 2.27. The fraction of sp³-hybridized carbons (Fsp3) is 0.621. The maximum atomic E-state index is 12.6. The third-order valence-corrected chi connectivity index (χ3v) is 7.89. The van der Waals surface area contributed by atoms with Crippen molar-refractivity contribution in [3.8, 4) is 17.1 Å². The minimum Gasteiger partial charge on any atom is -0.426 e. The second-order valence-corrected chi connectivity index (χ2v) is 10.3. The molecule has 4 heteroatoms. The summed E-state index contributed by atoms with van der Waals surface area (Å²) in [7, 11) is 0. The molecule has 4 nitrogen and oxygen atoms in total. The molecule has 0 N–H and O–H groups in total. The minimum absolute atomic E-state index is 0.0469. The number of rotatable bonds is 8. The van der Waals surface area contributed by atoms with Gasteiger partial charge in [0.1, 0.15) is 5.75 Å². The minimum atomic E-state index is -0.0769. The number of ether oxygens (including phenoxy) is 1. The first kappa shape index (κ1) is 23.9. The first-order valence-corrected chi connectivity index (χ1v) is 13.3. The fourth-order valence-electron chi connectivity index (χ4n) is 5.86. The van der Waals surface area contributed by atoms with Crippen LogP contribution in [0.4, 0.5) is 0 Å². The van der Waals surface area contributed by atoms with Crippen LogP contribution < -0.4 is 4.74 Å². The molecule has 2 fully saturated rings. The van der Waals surface area contributed by atoms with Gasteiger partial charge in [0.25, 0.3) is 0 Å². The zero-order valence-corrected chi connectivity index (χ0v) is 20.5. The lowest BCUT2D eigenvalue weighted by atomic mass is 9.78. The van der Waals surface area contributed by atoms with Gasteiger partial charge in [0.15, 0.2) is 5.82 Å². The summed E-state index contributed by atoms with van der Waals surface area (Å²) in [5.41, 5.74) is 2.22. The van der Waals surface area contributed by atoms with Crippen molar-refractivity contribution >= 4 is 5.97 Å². The predicted molar refractivity (Wildman–Crippen MR) is 133 cm³/mol. The standard InChI is InChI=1S/C29H40N2O2/c1-3-5-21-7-11-23(12-8-21)26-19-30-28(31-20-26)24-15-17-27(18-16-24)33-29(32)25-13-9-22(6-4-2)10-14-25/h15-23,25H,3-14H2,1-2H3/t21-,22?,23-,25?. The summed E-state index contributed by atoms with van der Waals surface area (Å²) in [4.78, 5) is 21.9. The Bertz CT molecular complexity index is 861. The number of esters is 1. The average molecular weight is 449 g/mol. The van der Waals surface area contributed by atoms with Crippen LogP contribution in [-0.2, 0) is 4.79 Å². The van der Waals surface area contributed by atoms with E-state index in [-0.39, 0.29) is 11.9 Å². The molecule has 178 valence electrons. The van der Waals surface area contributed by atoms with E-state index in [0.717, 1.165) is 48.9 Å². The van der Waals surface area contributed by atoms with Gasteiger partial charge in [-0.25, -0.2) is 9.97 Å². The van der Waals surface area contributed by atoms with Crippen LogP contribution in [0.15, 0.2) is 36.7 Å². The van der Waals surface area contributed by atoms with Crippen LogP contribution in [0.25, 0.3) is 11.4 Å². The van der Waals surface area contributed by atoms with Crippen LogP contribution in [0.5, 0.6) is 5.75 Å². The Morgan fingerprint density at radius 1 is 0.818 bits per heavy atom. The molecule has 4 rings (SSSR count). The molecule has 1 heterocycles. The first-order valence-electron chi connectivity index (χ1n) is 13.3. The third-order valence-electron chi connectivity index (χ3n) is 7.89. The molecule has 0 bridgehead atoms. The molecule has 2 saturated carbocycles. The summed E-state index contributed by atoms with van der Waals surface area (Å²) in [6.07, 6.45) is 18.6. The Hall–Kier alpha value is -2.23. The molecule has 2 aliphatic carbocycles. The van der Waals surface area contributed by atoms with Crippen LogP contribution in [0, 0.1) is 17.8 Å². The highest BCUT2D eigenvalue weighted by molar-refractivity contribution is 5.75. The first-order chi connectivity index (χ1) is 16.2. The number of hydrogen-bond donors (Lipinski definition) is 0. The molecule has 0 saturated heterocycles. The van der Waals surface area contributed by atoms with E-state index in [1.165, 1.54) is 56.9 Å². The number of carbonyl (C=O) groups excluding carboxylic acids is 1. The van der Waals surface area contributed by atoms with Crippen LogP contribution in [0.1, 0.15) is 102 Å². The quantitative estimate of drug-likeness (QED) is 0.306. The maximum absolute atomic E-state index is 12.6. The zero-order valence-electron chi connectivity index (χ0n) is 20.5. The predicted octanol–water partition coefficient (Wildman–Crippen LogP) is 7.73. The Kier molecular flexibility index (Phi) is 8.52. The second-order valence-electron chi connectivity index (χ2n) is 10.3. The molecule has 1 aromatic carbocycles. The molecule has 0 spiro atoms. The lowest BCUT2D eigenvalue weighted by molar-refractivity contribution is -0.140. The van der Waals surface area contributed by atoms with Gasteiger partial charge in [-0.15, -0.1) is 0 Å². The van der Waals surface area contributed by atoms with Crippen molar-refractivity contribution in [2.45, 2.75) is 96.8 Å². The van der Waals surface area contributed by atoms with Gasteiger partial charge in [-0.1, -0.05) is 39.5 Å². The van der Waals surface area contributed by atoms with E-state index in [9.17, 15) is 4.79 Å². The summed E-state index contributed by atoms with van der Waals surface area (Å²) in [5.74, 6) is 3.62. The van der Waals surface area contributed by atoms with Gasteiger partial charge in [-0.05, 0) is 98.9 Å². The van der Waals surface area contributed by atoms with Crippen LogP contribution in [0.2, 0.25) is 0 Å². The van der Waals surface area contributed by atoms with Crippen molar-refractivity contribution in [1.29, 1.82) is 0 Å². The van der Waals surface area contributed by atoms with Crippen LogP contribution in [-0.4, -0.2) is 15.9 Å². The van der Waals surface area contributed by atoms with E-state index in [2.05, 4.69) is 23.8 Å². The molecule has 2 aliphatic rings. The van der Waals surface area contributed by atoms with Crippen molar-refractivity contribution in [2.75, 3.05) is 0 Å². The van der Waals surface area contributed by atoms with Crippen molar-refractivity contribution in [3.05, 3.63) is 42.2 Å². The summed E-state index contributed by atoms with van der Waals surface area (Å²) in [5, 5.41) is 0. The molecule has 1 aromatic heterocycles. The molecule has 0 unspecified atom stereocenters. The number of aromatic nitrogens is 2. The Labute approximate surface area is 199 Å². The molecule has 0 aliphatic heterocycles. The maximum Gasteiger partial charge on any atom is 0.314 e. The summed E-state index contributed by atoms with van der Waals surface area (Å²) in [6, 6.07) is 7.63. The summed E-state index contributed by atoms with van der Waals surface area (Å²) < 4.78 is 5.68. The van der Waals surface area contributed by atoms with Crippen LogP contribution in [0.3, 0.4) is 0 Å². The zero-order chi connectivity index (χ0) is 23.0. The highest BCUT2D eigenvalue weighted by atomic mass is 16.5. The largest absolute Gasteiger partial charge is 0.426 e. The van der Waals surface area contributed by atoms with Gasteiger partial charge in [-0.3, -0.25) is 4.79 Å². The molecule has 33 heavy (non-hydrogen) atoms. The number of hydrogen-bond acceptors (Lipinski definition) is 4. The molecule has 0 amide bonds. The Morgan fingerprint density at radius 2 is 1.36 bits per heavy atom. The highest BCUT2D eigenvalue weighted by Crippen LogP contribution is 2.37. The fourth-order valence-corrected chi connectivity index (χ4v) is 5.86. The Balaban J connectivity index is 1.29. The molecule has 0 atom stereocenters. The van der Waals surface area contributed by atoms with Gasteiger partial charge in [0, 0.05) is 18.0 Å². The van der Waals surface area contributed by atoms with Crippen molar-refractivity contribution < 1.29 is 9.53 Å². The number of nitrogens with zero attached hydrogens (tertiary/aromatic N) is 2. The van der Waals surface area contributed by atoms with Gasteiger partial charge in [0.05, 0.1) is 5.92 Å². The topological polar surface area (TPSA) is 52.1 Å². The normalized spacial score (nSPS) is 25.5. The Morgan fingerprint density at radius 3 is 1.91 bits per heavy atom.